The van der Waals surface area contributed by atoms with Crippen molar-refractivity contribution in [2.24, 2.45) is 57.2 Å². The van der Waals surface area contributed by atoms with Crippen molar-refractivity contribution in [1.82, 2.24) is 0 Å². The van der Waals surface area contributed by atoms with Gasteiger partial charge in [0.15, 0.2) is 0 Å². The zero-order chi connectivity index (χ0) is 22.4. The van der Waals surface area contributed by atoms with Crippen LogP contribution in [0.2, 0.25) is 0 Å². The van der Waals surface area contributed by atoms with Gasteiger partial charge in [-0.2, -0.15) is 0 Å². The third kappa shape index (κ3) is 2.70. The molecule has 2 spiro atoms. The van der Waals surface area contributed by atoms with Gasteiger partial charge in [-0.1, -0.05) is 46.8 Å². The summed E-state index contributed by atoms with van der Waals surface area (Å²) in [5.74, 6) is 4.92. The van der Waals surface area contributed by atoms with Gasteiger partial charge in [0.25, 0.3) is 0 Å². The molecule has 10 atom stereocenters. The molecule has 174 valence electrons. The number of rotatable bonds is 5. The molecule has 5 saturated carbocycles. The van der Waals surface area contributed by atoms with Crippen molar-refractivity contribution in [3.05, 3.63) is 12.2 Å². The van der Waals surface area contributed by atoms with E-state index in [4.69, 9.17) is 0 Å². The molecule has 5 aliphatic carbocycles. The molecule has 0 aromatic rings. The van der Waals surface area contributed by atoms with E-state index < -0.39 is 0 Å². The Morgan fingerprint density at radius 1 is 1.00 bits per heavy atom. The van der Waals surface area contributed by atoms with Crippen molar-refractivity contribution in [3.63, 3.8) is 0 Å². The summed E-state index contributed by atoms with van der Waals surface area (Å²) in [7, 11) is 0. The Kier molecular flexibility index (Phi) is 4.99. The minimum Gasteiger partial charge on any atom is -0.299 e. The Morgan fingerprint density at radius 2 is 1.74 bits per heavy atom. The number of carbonyl (C=O) groups excluding carboxylic acids is 1. The standard InChI is InChI=1S/C30H48O/c1-19(2)20(3)8-9-21(4)23-12-14-28(7)26-11-10-24-22(5)25(31)13-15-29(24)18-30(26,29)17-16-27(23,28)6/h20-24,26H,1,8-18H2,2-7H3/t20-,21+,22-,23?,24-,26-,27+,28-,29+,30?/m0/s1. The predicted molar refractivity (Wildman–Crippen MR) is 130 cm³/mol. The summed E-state index contributed by atoms with van der Waals surface area (Å²) in [6.07, 6.45) is 14.8. The van der Waals surface area contributed by atoms with Crippen LogP contribution in [0, 0.1) is 57.2 Å². The highest BCUT2D eigenvalue weighted by molar-refractivity contribution is 5.82. The Morgan fingerprint density at radius 3 is 2.45 bits per heavy atom. The number of Topliss-reactive ketones (excluding diaryl/α,β-unsaturated/α-hetero) is 1. The summed E-state index contributed by atoms with van der Waals surface area (Å²) in [6, 6.07) is 0. The van der Waals surface area contributed by atoms with Crippen LogP contribution in [0.3, 0.4) is 0 Å². The second kappa shape index (κ2) is 6.96. The van der Waals surface area contributed by atoms with Crippen molar-refractivity contribution < 1.29 is 4.79 Å². The predicted octanol–water partition coefficient (Wildman–Crippen LogP) is 8.23. The third-order valence-electron chi connectivity index (χ3n) is 13.1. The highest BCUT2D eigenvalue weighted by Gasteiger charge is 2.81. The molecular weight excluding hydrogens is 376 g/mol. The Balaban J connectivity index is 1.38. The van der Waals surface area contributed by atoms with E-state index in [-0.39, 0.29) is 0 Å². The molecule has 5 rings (SSSR count). The molecule has 0 aromatic carbocycles. The molecule has 0 N–H and O–H groups in total. The van der Waals surface area contributed by atoms with E-state index in [1.54, 1.807) is 0 Å². The van der Waals surface area contributed by atoms with Gasteiger partial charge in [-0.3, -0.25) is 4.79 Å². The number of hydrogen-bond donors (Lipinski definition) is 0. The first-order valence-electron chi connectivity index (χ1n) is 13.7. The average Bonchev–Trinajstić information content (AvgIpc) is 3.31. The average molecular weight is 425 g/mol. The van der Waals surface area contributed by atoms with Gasteiger partial charge in [0.2, 0.25) is 0 Å². The molecule has 0 aliphatic heterocycles. The van der Waals surface area contributed by atoms with Gasteiger partial charge in [-0.15, -0.1) is 0 Å². The minimum absolute atomic E-state index is 0.335. The lowest BCUT2D eigenvalue weighted by Crippen LogP contribution is -2.55. The van der Waals surface area contributed by atoms with Gasteiger partial charge >= 0.3 is 0 Å². The molecule has 1 heteroatoms. The van der Waals surface area contributed by atoms with E-state index in [0.717, 1.165) is 24.2 Å². The molecule has 0 radical (unpaired) electrons. The monoisotopic (exact) mass is 424 g/mol. The van der Waals surface area contributed by atoms with Gasteiger partial charge in [0.05, 0.1) is 0 Å². The highest BCUT2D eigenvalue weighted by Crippen LogP contribution is 2.88. The normalized spacial score (nSPS) is 52.4. The largest absolute Gasteiger partial charge is 0.299 e. The van der Waals surface area contributed by atoms with Gasteiger partial charge in [0, 0.05) is 12.3 Å². The summed E-state index contributed by atoms with van der Waals surface area (Å²) in [5.41, 5.74) is 3.54. The van der Waals surface area contributed by atoms with Gasteiger partial charge in [0.1, 0.15) is 5.78 Å². The van der Waals surface area contributed by atoms with E-state index in [9.17, 15) is 4.79 Å². The lowest BCUT2D eigenvalue weighted by atomic mass is 9.43. The van der Waals surface area contributed by atoms with E-state index in [0.29, 0.717) is 45.2 Å². The smallest absolute Gasteiger partial charge is 0.136 e. The second-order valence-electron chi connectivity index (χ2n) is 13.8. The van der Waals surface area contributed by atoms with Crippen LogP contribution in [0.15, 0.2) is 12.2 Å². The molecule has 0 saturated heterocycles. The van der Waals surface area contributed by atoms with Crippen LogP contribution < -0.4 is 0 Å². The number of allylic oxidation sites excluding steroid dienone is 1. The molecule has 0 aromatic heterocycles. The van der Waals surface area contributed by atoms with Crippen LogP contribution in [0.5, 0.6) is 0 Å². The van der Waals surface area contributed by atoms with Crippen molar-refractivity contribution in [3.8, 4) is 0 Å². The van der Waals surface area contributed by atoms with E-state index in [1.807, 2.05) is 0 Å². The van der Waals surface area contributed by atoms with Crippen molar-refractivity contribution in [1.29, 1.82) is 0 Å². The molecule has 2 unspecified atom stereocenters. The summed E-state index contributed by atoms with van der Waals surface area (Å²) in [6.45, 7) is 19.0. The van der Waals surface area contributed by atoms with Crippen molar-refractivity contribution >= 4 is 5.78 Å². The number of fused-ring (bicyclic) bond motifs is 2. The van der Waals surface area contributed by atoms with E-state index in [2.05, 4.69) is 48.1 Å². The minimum atomic E-state index is 0.335. The summed E-state index contributed by atoms with van der Waals surface area (Å²) >= 11 is 0. The summed E-state index contributed by atoms with van der Waals surface area (Å²) < 4.78 is 0. The fourth-order valence-corrected chi connectivity index (χ4v) is 10.8. The quantitative estimate of drug-likeness (QED) is 0.406. The van der Waals surface area contributed by atoms with Crippen LogP contribution in [0.4, 0.5) is 0 Å². The molecule has 0 amide bonds. The fraction of sp³-hybridized carbons (Fsp3) is 0.900. The Bertz CT molecular complexity index is 781. The van der Waals surface area contributed by atoms with Crippen LogP contribution in [-0.4, -0.2) is 5.78 Å². The number of carbonyl (C=O) groups is 1. The number of ketones is 1. The van der Waals surface area contributed by atoms with Gasteiger partial charge in [-0.25, -0.2) is 0 Å². The van der Waals surface area contributed by atoms with Crippen LogP contribution >= 0.6 is 0 Å². The topological polar surface area (TPSA) is 17.1 Å². The van der Waals surface area contributed by atoms with Gasteiger partial charge in [-0.05, 0) is 122 Å². The first-order chi connectivity index (χ1) is 14.5. The SMILES string of the molecule is C=C(C)[C@@H](C)CC[C@@H](C)C1CC[C@@]2(C)[C@@H]3CC[C@H]4[C@H](C)C(=O)CC[C@@]45CC35CC[C@]12C. The Hall–Kier alpha value is -0.590. The Labute approximate surface area is 192 Å². The zero-order valence-electron chi connectivity index (χ0n) is 21.4. The molecule has 5 aliphatic rings. The van der Waals surface area contributed by atoms with Crippen LogP contribution in [-0.2, 0) is 4.79 Å². The maximum absolute atomic E-state index is 12.5. The fourth-order valence-electron chi connectivity index (χ4n) is 10.8. The molecule has 0 heterocycles. The van der Waals surface area contributed by atoms with Crippen molar-refractivity contribution in [2.45, 2.75) is 112 Å². The second-order valence-corrected chi connectivity index (χ2v) is 13.8. The maximum atomic E-state index is 12.5. The van der Waals surface area contributed by atoms with Gasteiger partial charge < -0.3 is 0 Å². The van der Waals surface area contributed by atoms with E-state index in [1.165, 1.54) is 69.8 Å². The molecule has 1 nitrogen and oxygen atoms in total. The zero-order valence-corrected chi connectivity index (χ0v) is 21.4. The molecule has 5 fully saturated rings. The molecule has 0 bridgehead atoms. The van der Waals surface area contributed by atoms with Crippen LogP contribution in [0.25, 0.3) is 0 Å². The van der Waals surface area contributed by atoms with Crippen LogP contribution in [0.1, 0.15) is 112 Å². The lowest BCUT2D eigenvalue weighted by molar-refractivity contribution is -0.146. The summed E-state index contributed by atoms with van der Waals surface area (Å²) in [5, 5.41) is 0. The first-order valence-corrected chi connectivity index (χ1v) is 13.7. The molecule has 31 heavy (non-hydrogen) atoms. The first kappa shape index (κ1) is 22.2. The van der Waals surface area contributed by atoms with E-state index >= 15 is 0 Å². The lowest BCUT2D eigenvalue weighted by Gasteiger charge is -2.61. The van der Waals surface area contributed by atoms with Crippen molar-refractivity contribution in [2.75, 3.05) is 0 Å². The highest BCUT2D eigenvalue weighted by atomic mass is 16.1. The third-order valence-corrected chi connectivity index (χ3v) is 13.1. The maximum Gasteiger partial charge on any atom is 0.136 e. The molecular formula is C30H48O. The summed E-state index contributed by atoms with van der Waals surface area (Å²) in [4.78, 5) is 12.5. The number of hydrogen-bond acceptors (Lipinski definition) is 1.